The smallest absolute Gasteiger partial charge is 0.159 e. The summed E-state index contributed by atoms with van der Waals surface area (Å²) in [5.41, 5.74) is -0.950. The lowest BCUT2D eigenvalue weighted by molar-refractivity contribution is 0.184. The molecule has 4 aromatic carbocycles. The highest BCUT2D eigenvalue weighted by Gasteiger charge is 2.18. The van der Waals surface area contributed by atoms with Crippen LogP contribution in [-0.2, 0) is 11.3 Å². The van der Waals surface area contributed by atoms with Crippen molar-refractivity contribution in [2.24, 2.45) is 0 Å². The highest BCUT2D eigenvalue weighted by Crippen LogP contribution is 2.30. The maximum absolute atomic E-state index is 14.6. The van der Waals surface area contributed by atoms with Gasteiger partial charge in [-0.15, -0.1) is 0 Å². The predicted octanol–water partition coefficient (Wildman–Crippen LogP) is 6.89. The Morgan fingerprint density at radius 3 is 1.85 bits per heavy atom. The second-order valence-corrected chi connectivity index (χ2v) is 7.26. The van der Waals surface area contributed by atoms with Crippen LogP contribution in [0.25, 0.3) is 21.9 Å². The Kier molecular flexibility index (Phi) is 6.12. The molecule has 4 rings (SSSR count). The third-order valence-corrected chi connectivity index (χ3v) is 4.95. The number of ether oxygens (including phenoxy) is 1. The van der Waals surface area contributed by atoms with E-state index in [1.165, 1.54) is 25.3 Å². The predicted molar refractivity (Wildman–Crippen MR) is 112 cm³/mol. The fourth-order valence-electron chi connectivity index (χ4n) is 3.44. The van der Waals surface area contributed by atoms with E-state index in [9.17, 15) is 26.3 Å². The van der Waals surface area contributed by atoms with Crippen molar-refractivity contribution in [3.05, 3.63) is 106 Å². The number of rotatable bonds is 3. The second-order valence-electron chi connectivity index (χ2n) is 7.26. The summed E-state index contributed by atoms with van der Waals surface area (Å²) in [6.45, 7) is -0.0261. The molecule has 0 heterocycles. The van der Waals surface area contributed by atoms with Crippen molar-refractivity contribution in [2.45, 2.75) is 6.61 Å². The van der Waals surface area contributed by atoms with E-state index in [0.29, 0.717) is 16.3 Å². The topological polar surface area (TPSA) is 9.23 Å². The van der Waals surface area contributed by atoms with Crippen LogP contribution < -0.4 is 0 Å². The molecule has 0 radical (unpaired) electrons. The molecule has 0 bridgehead atoms. The molecule has 0 unspecified atom stereocenters. The number of fused-ring (bicyclic) bond motifs is 1. The summed E-state index contributed by atoms with van der Waals surface area (Å²) in [6, 6.07) is 10.1. The molecule has 0 amide bonds. The van der Waals surface area contributed by atoms with Gasteiger partial charge in [0, 0.05) is 12.7 Å². The van der Waals surface area contributed by atoms with Gasteiger partial charge < -0.3 is 4.74 Å². The fraction of sp³-hybridized carbons (Fsp3) is 0.0769. The highest BCUT2D eigenvalue weighted by atomic mass is 19.2. The van der Waals surface area contributed by atoms with Gasteiger partial charge in [0.25, 0.3) is 0 Å². The lowest BCUT2D eigenvalue weighted by Gasteiger charge is -2.09. The van der Waals surface area contributed by atoms with Gasteiger partial charge in [-0.2, -0.15) is 0 Å². The van der Waals surface area contributed by atoms with E-state index in [4.69, 9.17) is 4.74 Å². The van der Waals surface area contributed by atoms with Gasteiger partial charge in [0.05, 0.1) is 17.7 Å². The van der Waals surface area contributed by atoms with Crippen LogP contribution in [0.3, 0.4) is 0 Å². The third kappa shape index (κ3) is 4.57. The minimum absolute atomic E-state index is 0.0261. The minimum atomic E-state index is -1.11. The van der Waals surface area contributed by atoms with Crippen LogP contribution in [0.4, 0.5) is 26.3 Å². The molecule has 0 aromatic heterocycles. The first-order valence-corrected chi connectivity index (χ1v) is 9.64. The first kappa shape index (κ1) is 22.4. The normalized spacial score (nSPS) is 10.9. The molecule has 0 saturated carbocycles. The van der Waals surface area contributed by atoms with E-state index < -0.39 is 46.0 Å². The zero-order valence-corrected chi connectivity index (χ0v) is 17.1. The van der Waals surface area contributed by atoms with Gasteiger partial charge in [0.2, 0.25) is 0 Å². The molecular weight excluding hydrogens is 442 g/mol. The Bertz CT molecular complexity index is 1400. The van der Waals surface area contributed by atoms with Crippen LogP contribution in [0, 0.1) is 46.7 Å². The van der Waals surface area contributed by atoms with Crippen LogP contribution in [0.5, 0.6) is 0 Å². The largest absolute Gasteiger partial charge is 0.380 e. The average molecular weight is 456 g/mol. The quantitative estimate of drug-likeness (QED) is 0.241. The molecule has 0 atom stereocenters. The van der Waals surface area contributed by atoms with Crippen LogP contribution in [0.1, 0.15) is 16.7 Å². The maximum Gasteiger partial charge on any atom is 0.159 e. The van der Waals surface area contributed by atoms with E-state index in [1.54, 1.807) is 0 Å². The summed E-state index contributed by atoms with van der Waals surface area (Å²) in [4.78, 5) is 0. The Morgan fingerprint density at radius 1 is 0.636 bits per heavy atom. The molecular formula is C26H14F6O. The zero-order chi connectivity index (χ0) is 23.7. The fourth-order valence-corrected chi connectivity index (χ4v) is 3.44. The monoisotopic (exact) mass is 456 g/mol. The number of halogens is 6. The minimum Gasteiger partial charge on any atom is -0.380 e. The van der Waals surface area contributed by atoms with Gasteiger partial charge in [0.15, 0.2) is 11.6 Å². The van der Waals surface area contributed by atoms with Crippen LogP contribution >= 0.6 is 0 Å². The summed E-state index contributed by atoms with van der Waals surface area (Å²) < 4.78 is 89.7. The summed E-state index contributed by atoms with van der Waals surface area (Å²) in [7, 11) is 1.37. The number of hydrogen-bond donors (Lipinski definition) is 0. The molecule has 0 saturated heterocycles. The standard InChI is InChI=1S/C26H14F6O/c1-33-13-15-7-24(31)26(25(32)8-15)18-11-20(27)19(21(28)12-18)5-3-14-2-4-16-9-22(29)23(30)10-17(16)6-14/h2,4,6-12H,13H2,1H3. The van der Waals surface area contributed by atoms with Gasteiger partial charge >= 0.3 is 0 Å². The summed E-state index contributed by atoms with van der Waals surface area (Å²) in [6.07, 6.45) is 0. The van der Waals surface area contributed by atoms with Crippen molar-refractivity contribution in [3.63, 3.8) is 0 Å². The summed E-state index contributed by atoms with van der Waals surface area (Å²) in [5, 5.41) is 0.793. The number of benzene rings is 4. The van der Waals surface area contributed by atoms with Crippen molar-refractivity contribution in [2.75, 3.05) is 7.11 Å². The van der Waals surface area contributed by atoms with E-state index in [-0.39, 0.29) is 17.7 Å². The Balaban J connectivity index is 1.71. The van der Waals surface area contributed by atoms with E-state index in [0.717, 1.165) is 36.4 Å². The van der Waals surface area contributed by atoms with Crippen LogP contribution in [0.2, 0.25) is 0 Å². The van der Waals surface area contributed by atoms with Gasteiger partial charge in [-0.25, -0.2) is 26.3 Å². The lowest BCUT2D eigenvalue weighted by atomic mass is 10.00. The van der Waals surface area contributed by atoms with E-state index in [2.05, 4.69) is 11.8 Å². The molecule has 1 nitrogen and oxygen atoms in total. The van der Waals surface area contributed by atoms with Crippen LogP contribution in [-0.4, -0.2) is 7.11 Å². The molecule has 7 heteroatoms. The molecule has 0 aliphatic heterocycles. The van der Waals surface area contributed by atoms with Crippen molar-refractivity contribution in [3.8, 4) is 23.0 Å². The molecule has 0 aliphatic carbocycles. The summed E-state index contributed by atoms with van der Waals surface area (Å²) in [5.74, 6) is -1.30. The van der Waals surface area contributed by atoms with Crippen molar-refractivity contribution in [1.82, 2.24) is 0 Å². The molecule has 166 valence electrons. The molecule has 33 heavy (non-hydrogen) atoms. The Morgan fingerprint density at radius 2 is 1.24 bits per heavy atom. The number of methoxy groups -OCH3 is 1. The van der Waals surface area contributed by atoms with E-state index in [1.807, 2.05) is 0 Å². The third-order valence-electron chi connectivity index (χ3n) is 4.95. The maximum atomic E-state index is 14.6. The molecule has 0 spiro atoms. The van der Waals surface area contributed by atoms with E-state index >= 15 is 0 Å². The first-order valence-electron chi connectivity index (χ1n) is 9.64. The van der Waals surface area contributed by atoms with Crippen LogP contribution in [0.15, 0.2) is 54.6 Å². The SMILES string of the molecule is COCc1cc(F)c(-c2cc(F)c(C#Cc3ccc4cc(F)c(F)cc4c3)c(F)c2)c(F)c1. The molecule has 4 aromatic rings. The Hall–Kier alpha value is -3.76. The van der Waals surface area contributed by atoms with Gasteiger partial charge in [-0.3, -0.25) is 0 Å². The van der Waals surface area contributed by atoms with Crippen molar-refractivity contribution in [1.29, 1.82) is 0 Å². The molecule has 0 fully saturated rings. The van der Waals surface area contributed by atoms with Crippen molar-refractivity contribution >= 4 is 10.8 Å². The second kappa shape index (κ2) is 9.00. The number of hydrogen-bond acceptors (Lipinski definition) is 1. The van der Waals surface area contributed by atoms with Gasteiger partial charge in [-0.1, -0.05) is 17.9 Å². The average Bonchev–Trinajstić information content (AvgIpc) is 2.74. The van der Waals surface area contributed by atoms with Gasteiger partial charge in [-0.05, 0) is 70.4 Å². The van der Waals surface area contributed by atoms with Gasteiger partial charge in [0.1, 0.15) is 23.3 Å². The molecule has 0 N–H and O–H groups in total. The van der Waals surface area contributed by atoms with Crippen molar-refractivity contribution < 1.29 is 31.1 Å². The first-order chi connectivity index (χ1) is 15.8. The lowest BCUT2D eigenvalue weighted by Crippen LogP contribution is -1.98. The summed E-state index contributed by atoms with van der Waals surface area (Å²) >= 11 is 0. The zero-order valence-electron chi connectivity index (χ0n) is 17.1. The molecule has 0 aliphatic rings. The Labute approximate surface area is 185 Å². The highest BCUT2D eigenvalue weighted by molar-refractivity contribution is 5.84.